The van der Waals surface area contributed by atoms with E-state index in [-0.39, 0.29) is 18.0 Å². The van der Waals surface area contributed by atoms with Crippen molar-refractivity contribution in [2.45, 2.75) is 0 Å². The molecule has 0 bridgehead atoms. The summed E-state index contributed by atoms with van der Waals surface area (Å²) < 4.78 is 31.5. The Balaban J connectivity index is 1.31. The van der Waals surface area contributed by atoms with Crippen molar-refractivity contribution in [3.05, 3.63) is 78.7 Å². The number of imide groups is 1. The lowest BCUT2D eigenvalue weighted by molar-refractivity contribution is -0.344. The van der Waals surface area contributed by atoms with Gasteiger partial charge in [0, 0.05) is 36.1 Å². The number of carbonyl (C=O) groups is 2. The Morgan fingerprint density at radius 2 is 1.68 bits per heavy atom. The minimum Gasteiger partial charge on any atom is -0.493 e. The fourth-order valence-corrected chi connectivity index (χ4v) is 4.13. The minimum atomic E-state index is -0.682. The molecule has 5 rings (SSSR count). The highest BCUT2D eigenvalue weighted by molar-refractivity contribution is 6.08. The molecule has 0 spiro atoms. The van der Waals surface area contributed by atoms with E-state index >= 15 is 0 Å². The maximum atomic E-state index is 15.0. The van der Waals surface area contributed by atoms with Crippen LogP contribution >= 0.6 is 0 Å². The van der Waals surface area contributed by atoms with E-state index in [0.29, 0.717) is 40.4 Å². The van der Waals surface area contributed by atoms with E-state index in [1.165, 1.54) is 24.1 Å². The molecule has 3 aromatic carbocycles. The van der Waals surface area contributed by atoms with Crippen molar-refractivity contribution in [1.29, 1.82) is 0 Å². The van der Waals surface area contributed by atoms with Crippen LogP contribution in [0.3, 0.4) is 0 Å². The van der Waals surface area contributed by atoms with Gasteiger partial charge in [0.25, 0.3) is 0 Å². The number of para-hydroxylation sites is 1. The van der Waals surface area contributed by atoms with E-state index in [0.717, 1.165) is 11.0 Å². The average Bonchev–Trinajstić information content (AvgIpc) is 3.31. The Morgan fingerprint density at radius 3 is 2.41 bits per heavy atom. The predicted octanol–water partition coefficient (Wildman–Crippen LogP) is 5.08. The van der Waals surface area contributed by atoms with Crippen molar-refractivity contribution in [2.75, 3.05) is 37.5 Å². The molecule has 4 aromatic rings. The molecule has 1 aliphatic rings. The molecule has 0 radical (unpaired) electrons. The van der Waals surface area contributed by atoms with Crippen LogP contribution in [-0.4, -0.2) is 44.3 Å². The molecule has 37 heavy (non-hydrogen) atoms. The fourth-order valence-electron chi connectivity index (χ4n) is 4.13. The number of halogens is 1. The van der Waals surface area contributed by atoms with Crippen LogP contribution in [0.15, 0.2) is 72.9 Å². The molecule has 4 amide bonds. The number of hydrogen-bond donors (Lipinski definition) is 1. The van der Waals surface area contributed by atoms with Gasteiger partial charge >= 0.3 is 12.1 Å². The van der Waals surface area contributed by atoms with Crippen LogP contribution in [0.25, 0.3) is 10.9 Å². The third kappa shape index (κ3) is 4.68. The summed E-state index contributed by atoms with van der Waals surface area (Å²) >= 11 is 0. The molecule has 0 atom stereocenters. The number of methoxy groups -OCH3 is 2. The molecule has 0 aliphatic carbocycles. The van der Waals surface area contributed by atoms with E-state index in [4.69, 9.17) is 14.2 Å². The number of rotatable bonds is 6. The number of hydrogen-bond acceptors (Lipinski definition) is 5. The van der Waals surface area contributed by atoms with E-state index in [9.17, 15) is 14.0 Å². The Kier molecular flexibility index (Phi) is 6.46. The van der Waals surface area contributed by atoms with Gasteiger partial charge in [0.2, 0.25) is 5.52 Å². The van der Waals surface area contributed by atoms with Gasteiger partial charge in [-0.15, -0.1) is 0 Å². The summed E-state index contributed by atoms with van der Waals surface area (Å²) in [5, 5.41) is 3.24. The van der Waals surface area contributed by atoms with Gasteiger partial charge < -0.3 is 19.5 Å². The van der Waals surface area contributed by atoms with Gasteiger partial charge in [-0.3, -0.25) is 4.90 Å². The summed E-state index contributed by atoms with van der Waals surface area (Å²) in [4.78, 5) is 31.2. The van der Waals surface area contributed by atoms with E-state index in [1.807, 2.05) is 18.2 Å². The minimum absolute atomic E-state index is 0.0345. The number of amides is 4. The first-order valence-electron chi connectivity index (χ1n) is 11.5. The molecule has 2 heterocycles. The van der Waals surface area contributed by atoms with Crippen LogP contribution in [0.5, 0.6) is 23.0 Å². The zero-order valence-corrected chi connectivity index (χ0v) is 20.2. The van der Waals surface area contributed by atoms with Crippen molar-refractivity contribution >= 4 is 34.3 Å². The number of ether oxygens (including phenoxy) is 3. The van der Waals surface area contributed by atoms with Crippen LogP contribution in [0.2, 0.25) is 0 Å². The van der Waals surface area contributed by atoms with E-state index in [1.54, 1.807) is 43.6 Å². The van der Waals surface area contributed by atoms with Crippen LogP contribution in [0, 0.1) is 5.82 Å². The molecule has 0 unspecified atom stereocenters. The van der Waals surface area contributed by atoms with Crippen molar-refractivity contribution < 1.29 is 33.2 Å². The molecule has 1 aliphatic heterocycles. The van der Waals surface area contributed by atoms with Crippen LogP contribution in [-0.2, 0) is 0 Å². The lowest BCUT2D eigenvalue weighted by atomic mass is 10.2. The first kappa shape index (κ1) is 23.9. The molecule has 10 heteroatoms. The summed E-state index contributed by atoms with van der Waals surface area (Å²) in [5.41, 5.74) is 1.61. The number of anilines is 2. The number of benzene rings is 3. The molecule has 1 fully saturated rings. The van der Waals surface area contributed by atoms with Crippen molar-refractivity contribution in [3.63, 3.8) is 0 Å². The number of aromatic nitrogens is 1. The number of fused-ring (bicyclic) bond motifs is 1. The molecular formula is C27H24FN4O5+. The maximum absolute atomic E-state index is 15.0. The average molecular weight is 504 g/mol. The highest BCUT2D eigenvalue weighted by atomic mass is 19.1. The molecular weight excluding hydrogens is 479 g/mol. The smallest absolute Gasteiger partial charge is 0.332 e. The normalized spacial score (nSPS) is 13.1. The van der Waals surface area contributed by atoms with E-state index < -0.39 is 17.9 Å². The number of urea groups is 2. The fraction of sp³-hybridized carbons (Fsp3) is 0.148. The van der Waals surface area contributed by atoms with Gasteiger partial charge in [0.15, 0.2) is 29.3 Å². The number of aromatic amines is 1. The topological polar surface area (TPSA) is 94.5 Å². The monoisotopic (exact) mass is 503 g/mol. The van der Waals surface area contributed by atoms with Gasteiger partial charge in [-0.2, -0.15) is 0 Å². The first-order chi connectivity index (χ1) is 18.0. The van der Waals surface area contributed by atoms with Crippen LogP contribution < -0.4 is 29.4 Å². The number of pyridine rings is 1. The summed E-state index contributed by atoms with van der Waals surface area (Å²) in [6.45, 7) is 0.589. The van der Waals surface area contributed by atoms with Crippen molar-refractivity contribution in [2.24, 2.45) is 0 Å². The third-order valence-electron chi connectivity index (χ3n) is 5.99. The number of H-pyrrole nitrogens is 1. The summed E-state index contributed by atoms with van der Waals surface area (Å²) in [5.74, 6) is 0.720. The van der Waals surface area contributed by atoms with Crippen LogP contribution in [0.4, 0.5) is 25.4 Å². The molecule has 2 N–H and O–H groups in total. The standard InChI is InChI=1S/C27H23FN4O5/c1-35-24-15-19-21(16-25(24)36-2)29-11-10-22(19)37-23-9-8-17(14-20(23)28)30-26(33)32-13-12-31(27(32)34)18-6-4-3-5-7-18/h3-11,14-16H,12-13H2,1-2H3,(H,30,33)/p+1. The van der Waals surface area contributed by atoms with Gasteiger partial charge in [-0.05, 0) is 24.3 Å². The summed E-state index contributed by atoms with van der Waals surface area (Å²) in [7, 11) is 3.07. The zero-order chi connectivity index (χ0) is 25.9. The largest absolute Gasteiger partial charge is 0.493 e. The Labute approximate surface area is 212 Å². The lowest BCUT2D eigenvalue weighted by Crippen LogP contribution is -2.39. The zero-order valence-electron chi connectivity index (χ0n) is 20.2. The number of carbonyl (C=O) groups excluding carboxylic acids is 2. The van der Waals surface area contributed by atoms with E-state index in [2.05, 4.69) is 10.3 Å². The second-order valence-corrected chi connectivity index (χ2v) is 8.19. The van der Waals surface area contributed by atoms with Gasteiger partial charge in [-0.25, -0.2) is 23.9 Å². The second kappa shape index (κ2) is 10.0. The Bertz CT molecular complexity index is 1480. The second-order valence-electron chi connectivity index (χ2n) is 8.19. The quantitative estimate of drug-likeness (QED) is 0.396. The lowest BCUT2D eigenvalue weighted by Gasteiger charge is -2.18. The van der Waals surface area contributed by atoms with Gasteiger partial charge in [0.05, 0.1) is 32.2 Å². The Morgan fingerprint density at radius 1 is 0.919 bits per heavy atom. The molecule has 0 saturated carbocycles. The number of nitrogens with zero attached hydrogens (tertiary/aromatic N) is 2. The summed E-state index contributed by atoms with van der Waals surface area (Å²) in [6, 6.07) is 17.2. The molecule has 1 saturated heterocycles. The maximum Gasteiger partial charge on any atom is 0.332 e. The predicted molar refractivity (Wildman–Crippen MR) is 135 cm³/mol. The number of nitrogens with one attached hydrogen (secondary N) is 2. The Hall–Kier alpha value is -4.86. The molecule has 1 aromatic heterocycles. The van der Waals surface area contributed by atoms with Gasteiger partial charge in [0.1, 0.15) is 5.75 Å². The molecule has 188 valence electrons. The van der Waals surface area contributed by atoms with Crippen molar-refractivity contribution in [1.82, 2.24) is 4.90 Å². The third-order valence-corrected chi connectivity index (χ3v) is 5.99. The highest BCUT2D eigenvalue weighted by Crippen LogP contribution is 2.36. The van der Waals surface area contributed by atoms with Gasteiger partial charge in [-0.1, -0.05) is 18.2 Å². The van der Waals surface area contributed by atoms with Crippen LogP contribution in [0.1, 0.15) is 0 Å². The first-order valence-corrected chi connectivity index (χ1v) is 11.5. The highest BCUT2D eigenvalue weighted by Gasteiger charge is 2.34. The summed E-state index contributed by atoms with van der Waals surface area (Å²) in [6.07, 6.45) is 1.67. The van der Waals surface area contributed by atoms with Crippen molar-refractivity contribution in [3.8, 4) is 23.0 Å². The SMILES string of the molecule is COc1cc2[nH+]ccc(Oc3ccc(NC(=O)N4CCN(c5ccccc5)C4=O)cc3F)c2cc1OC. The molecule has 9 nitrogen and oxygen atoms in total.